The van der Waals surface area contributed by atoms with Crippen molar-refractivity contribution in [1.29, 1.82) is 0 Å². The third-order valence-corrected chi connectivity index (χ3v) is 9.37. The van der Waals surface area contributed by atoms with Gasteiger partial charge in [-0.2, -0.15) is 5.10 Å². The van der Waals surface area contributed by atoms with Crippen molar-refractivity contribution < 1.29 is 9.90 Å². The van der Waals surface area contributed by atoms with E-state index in [-0.39, 0.29) is 17.7 Å². The Morgan fingerprint density at radius 1 is 1.29 bits per heavy atom. The predicted octanol–water partition coefficient (Wildman–Crippen LogP) is 3.50. The summed E-state index contributed by atoms with van der Waals surface area (Å²) >= 11 is 0. The average molecular weight is 345 g/mol. The molecule has 5 heteroatoms. The maximum absolute atomic E-state index is 10.7. The smallest absolute Gasteiger partial charge is 0.188 e. The Hall–Kier alpha value is -1.43. The summed E-state index contributed by atoms with van der Waals surface area (Å²) in [7, 11) is -2.26. The van der Waals surface area contributed by atoms with Crippen LogP contribution in [-0.2, 0) is 13.0 Å². The zero-order valence-electron chi connectivity index (χ0n) is 15.0. The molecule has 0 saturated carbocycles. The molecule has 1 aliphatic carbocycles. The summed E-state index contributed by atoms with van der Waals surface area (Å²) in [5.74, 6) is 0.405. The number of aliphatic hydroxyl groups is 1. The Labute approximate surface area is 145 Å². The molecule has 2 atom stereocenters. The molecule has 0 amide bonds. The number of aromatic nitrogens is 2. The van der Waals surface area contributed by atoms with E-state index in [2.05, 4.69) is 43.2 Å². The average Bonchev–Trinajstić information content (AvgIpc) is 3.08. The number of rotatable bonds is 5. The van der Waals surface area contributed by atoms with Crippen LogP contribution in [0.1, 0.15) is 43.0 Å². The summed E-state index contributed by atoms with van der Waals surface area (Å²) in [6.45, 7) is 8.47. The molecule has 1 heterocycles. The molecule has 2 N–H and O–H groups in total. The molecule has 0 bridgehead atoms. The van der Waals surface area contributed by atoms with Crippen molar-refractivity contribution in [2.75, 3.05) is 0 Å². The summed E-state index contributed by atoms with van der Waals surface area (Å²) in [6, 6.07) is 8.75. The van der Waals surface area contributed by atoms with Crippen LogP contribution in [0, 0.1) is 5.92 Å². The van der Waals surface area contributed by atoms with Crippen LogP contribution in [0.4, 0.5) is 0 Å². The topological polar surface area (TPSA) is 58.3 Å². The summed E-state index contributed by atoms with van der Waals surface area (Å²) in [6.07, 6.45) is 5.68. The van der Waals surface area contributed by atoms with Crippen LogP contribution >= 0.6 is 0 Å². The second kappa shape index (κ2) is 6.13. The first-order valence-corrected chi connectivity index (χ1v) is 11.6. The molecule has 3 rings (SSSR count). The van der Waals surface area contributed by atoms with Crippen LogP contribution in [0.2, 0.25) is 18.1 Å². The van der Waals surface area contributed by atoms with Crippen molar-refractivity contribution in [3.05, 3.63) is 53.3 Å². The molecule has 0 spiro atoms. The summed E-state index contributed by atoms with van der Waals surface area (Å²) in [5, 5.41) is 13.8. The van der Waals surface area contributed by atoms with E-state index in [1.807, 2.05) is 24.0 Å². The summed E-state index contributed by atoms with van der Waals surface area (Å²) in [5.41, 5.74) is 3.54. The largest absolute Gasteiger partial charge is 0.432 e. The molecule has 0 saturated heterocycles. The molecule has 0 fully saturated rings. The molecule has 130 valence electrons. The van der Waals surface area contributed by atoms with E-state index >= 15 is 0 Å². The van der Waals surface area contributed by atoms with Crippen LogP contribution in [0.15, 0.2) is 36.7 Å². The number of aliphatic hydroxyl groups excluding tert-OH is 1. The number of hydrogen-bond acceptors (Lipinski definition) is 3. The first-order chi connectivity index (χ1) is 11.2. The van der Waals surface area contributed by atoms with Gasteiger partial charge in [0, 0.05) is 11.8 Å². The minimum atomic E-state index is -2.26. The fraction of sp³-hybridized carbons (Fsp3) is 0.526. The van der Waals surface area contributed by atoms with Crippen molar-refractivity contribution in [1.82, 2.24) is 9.78 Å². The monoisotopic (exact) mass is 344 g/mol. The van der Waals surface area contributed by atoms with Gasteiger partial charge in [0.15, 0.2) is 8.32 Å². The summed E-state index contributed by atoms with van der Waals surface area (Å²) in [4.78, 5) is 10.7. The highest BCUT2D eigenvalue weighted by molar-refractivity contribution is 6.72. The van der Waals surface area contributed by atoms with Crippen LogP contribution in [0.5, 0.6) is 0 Å². The van der Waals surface area contributed by atoms with E-state index in [9.17, 15) is 9.90 Å². The fourth-order valence-corrected chi connectivity index (χ4v) is 4.48. The van der Waals surface area contributed by atoms with Crippen LogP contribution in [-0.4, -0.2) is 28.0 Å². The molecular weight excluding hydrogens is 316 g/mol. The van der Waals surface area contributed by atoms with Crippen LogP contribution in [0.25, 0.3) is 0 Å². The first kappa shape index (κ1) is 17.4. The van der Waals surface area contributed by atoms with Crippen LogP contribution < -0.4 is 0 Å². The lowest BCUT2D eigenvalue weighted by Crippen LogP contribution is -2.41. The van der Waals surface area contributed by atoms with Crippen molar-refractivity contribution in [2.45, 2.75) is 57.5 Å². The second-order valence-electron chi connectivity index (χ2n) is 8.24. The molecule has 2 aromatic rings. The highest BCUT2D eigenvalue weighted by Crippen LogP contribution is 2.49. The van der Waals surface area contributed by atoms with Gasteiger partial charge in [0.05, 0.1) is 18.8 Å². The quantitative estimate of drug-likeness (QED) is 0.816. The Morgan fingerprint density at radius 3 is 2.62 bits per heavy atom. The van der Waals surface area contributed by atoms with Crippen molar-refractivity contribution >= 4 is 8.32 Å². The highest BCUT2D eigenvalue weighted by Gasteiger charge is 2.44. The van der Waals surface area contributed by atoms with E-state index in [1.54, 1.807) is 6.20 Å². The van der Waals surface area contributed by atoms with Gasteiger partial charge in [0.1, 0.15) is 0 Å². The van der Waals surface area contributed by atoms with E-state index in [1.165, 1.54) is 11.1 Å². The minimum Gasteiger partial charge on any atom is -0.432 e. The lowest BCUT2D eigenvalue weighted by Gasteiger charge is -2.38. The van der Waals surface area contributed by atoms with Gasteiger partial charge in [0.2, 0.25) is 0 Å². The van der Waals surface area contributed by atoms with E-state index in [0.717, 1.165) is 18.4 Å². The number of benzene rings is 1. The van der Waals surface area contributed by atoms with Gasteiger partial charge < -0.3 is 9.90 Å². The Bertz CT molecular complexity index is 718. The Balaban J connectivity index is 1.97. The molecule has 0 aliphatic heterocycles. The normalized spacial score (nSPS) is 21.1. The minimum absolute atomic E-state index is 0.0150. The molecular formula is C19H28N2O2Si. The van der Waals surface area contributed by atoms with Gasteiger partial charge in [-0.1, -0.05) is 38.1 Å². The highest BCUT2D eigenvalue weighted by atomic mass is 28.4. The molecule has 1 aromatic heterocycles. The molecule has 2 unspecified atom stereocenters. The molecule has 0 radical (unpaired) electrons. The van der Waals surface area contributed by atoms with Gasteiger partial charge >= 0.3 is 0 Å². The number of fused-ring (bicyclic) bond motifs is 1. The lowest BCUT2D eigenvalue weighted by atomic mass is 9.90. The first-order valence-electron chi connectivity index (χ1n) is 8.67. The Morgan fingerprint density at radius 2 is 2.00 bits per heavy atom. The zero-order valence-corrected chi connectivity index (χ0v) is 16.0. The van der Waals surface area contributed by atoms with Gasteiger partial charge in [0.25, 0.3) is 0 Å². The summed E-state index contributed by atoms with van der Waals surface area (Å²) < 4.78 is 2.00. The third kappa shape index (κ3) is 3.08. The van der Waals surface area contributed by atoms with Gasteiger partial charge in [-0.3, -0.25) is 4.68 Å². The van der Waals surface area contributed by atoms with Crippen molar-refractivity contribution in [3.8, 4) is 0 Å². The standard InChI is InChI=1S/C19H28N2O2Si/c1-19(2,24(3,4)23)10-16-9-15-7-5-6-8-17(15)18(16)21-12-14(13-22)11-20-21/h5-8,11-12,16,18,22-23H,9-10,13H2,1-4H3. The Kier molecular flexibility index (Phi) is 4.44. The predicted molar refractivity (Wildman–Crippen MR) is 98.3 cm³/mol. The van der Waals surface area contributed by atoms with Gasteiger partial charge in [-0.25, -0.2) is 0 Å². The zero-order chi connectivity index (χ0) is 17.5. The maximum atomic E-state index is 10.7. The SMILES string of the molecule is CC(C)(CC1Cc2ccccc2C1n1cc(CO)cn1)[Si](C)(C)O. The van der Waals surface area contributed by atoms with E-state index < -0.39 is 8.32 Å². The van der Waals surface area contributed by atoms with Gasteiger partial charge in [-0.15, -0.1) is 0 Å². The third-order valence-electron chi connectivity index (χ3n) is 5.85. The molecule has 1 aliphatic rings. The van der Waals surface area contributed by atoms with E-state index in [0.29, 0.717) is 5.92 Å². The molecule has 1 aromatic carbocycles. The van der Waals surface area contributed by atoms with Crippen molar-refractivity contribution in [2.24, 2.45) is 5.92 Å². The fourth-order valence-electron chi connectivity index (χ4n) is 3.72. The van der Waals surface area contributed by atoms with Gasteiger partial charge in [-0.05, 0) is 48.0 Å². The second-order valence-corrected chi connectivity index (χ2v) is 12.7. The van der Waals surface area contributed by atoms with Crippen LogP contribution in [0.3, 0.4) is 0 Å². The molecule has 4 nitrogen and oxygen atoms in total. The van der Waals surface area contributed by atoms with E-state index in [4.69, 9.17) is 0 Å². The lowest BCUT2D eigenvalue weighted by molar-refractivity contribution is 0.280. The number of nitrogens with zero attached hydrogens (tertiary/aromatic N) is 2. The number of hydrogen-bond donors (Lipinski definition) is 2. The van der Waals surface area contributed by atoms with Crippen molar-refractivity contribution in [3.63, 3.8) is 0 Å². The maximum Gasteiger partial charge on any atom is 0.188 e. The molecule has 24 heavy (non-hydrogen) atoms.